The van der Waals surface area contributed by atoms with E-state index in [1.807, 2.05) is 6.08 Å². The van der Waals surface area contributed by atoms with Crippen LogP contribution in [0.2, 0.25) is 0 Å². The predicted octanol–water partition coefficient (Wildman–Crippen LogP) is 5.47. The predicted molar refractivity (Wildman–Crippen MR) is 119 cm³/mol. The molecule has 0 amide bonds. The number of hydrogen-bond donors (Lipinski definition) is 3. The van der Waals surface area contributed by atoms with Crippen LogP contribution in [0.4, 0.5) is 0 Å². The fourth-order valence-corrected chi connectivity index (χ4v) is 3.60. The Morgan fingerprint density at radius 1 is 0.964 bits per heavy atom. The lowest BCUT2D eigenvalue weighted by atomic mass is 9.83. The maximum Gasteiger partial charge on any atom is 0.216 e. The fourth-order valence-electron chi connectivity index (χ4n) is 3.19. The molecule has 4 nitrogen and oxygen atoms in total. The summed E-state index contributed by atoms with van der Waals surface area (Å²) in [7, 11) is 0. The first-order valence-corrected chi connectivity index (χ1v) is 11.5. The third-order valence-electron chi connectivity index (χ3n) is 5.12. The summed E-state index contributed by atoms with van der Waals surface area (Å²) in [5, 5.41) is 18.1. The molecule has 0 heterocycles. The number of aliphatic hydroxyl groups excluding tert-OH is 1. The molecule has 0 saturated heterocycles. The van der Waals surface area contributed by atoms with Crippen molar-refractivity contribution in [1.82, 2.24) is 0 Å². The Bertz CT molecular complexity index is 444. The number of hydrogen-bond acceptors (Lipinski definition) is 4. The van der Waals surface area contributed by atoms with Gasteiger partial charge >= 0.3 is 0 Å². The molecular weight excluding hydrogens is 374 g/mol. The van der Waals surface area contributed by atoms with E-state index in [0.717, 1.165) is 12.8 Å². The summed E-state index contributed by atoms with van der Waals surface area (Å²) in [5.74, 6) is -0.591. The second-order valence-electron chi connectivity index (χ2n) is 9.02. The van der Waals surface area contributed by atoms with Crippen molar-refractivity contribution in [2.75, 3.05) is 0 Å². The SMILES string of the molecule is CCCCCCCCCCCCC/C=C/[C@@H](O)[C@@H](N)C(O)(Cl)C(=O)C(C)(C)C. The minimum absolute atomic E-state index is 0.591. The molecule has 0 rings (SSSR count). The number of Topliss-reactive ketones (excluding diaryl/α,β-unsaturated/α-hetero) is 1. The summed E-state index contributed by atoms with van der Waals surface area (Å²) in [4.78, 5) is 12.2. The first-order chi connectivity index (χ1) is 13.0. The van der Waals surface area contributed by atoms with Gasteiger partial charge in [0.25, 0.3) is 0 Å². The first-order valence-electron chi connectivity index (χ1n) is 11.1. The maximum atomic E-state index is 12.2. The average Bonchev–Trinajstić information content (AvgIpc) is 2.63. The Morgan fingerprint density at radius 3 is 1.82 bits per heavy atom. The van der Waals surface area contributed by atoms with Crippen LogP contribution in [-0.4, -0.2) is 33.2 Å². The lowest BCUT2D eigenvalue weighted by Gasteiger charge is -2.33. The number of ketones is 1. The molecule has 0 aromatic heterocycles. The number of carbonyl (C=O) groups excluding carboxylic acids is 1. The van der Waals surface area contributed by atoms with Gasteiger partial charge in [-0.3, -0.25) is 4.79 Å². The van der Waals surface area contributed by atoms with E-state index in [0.29, 0.717) is 0 Å². The summed E-state index contributed by atoms with van der Waals surface area (Å²) >= 11 is 5.96. The van der Waals surface area contributed by atoms with Crippen LogP contribution in [0.15, 0.2) is 12.2 Å². The molecule has 0 spiro atoms. The van der Waals surface area contributed by atoms with Crippen LogP contribution in [0.5, 0.6) is 0 Å². The zero-order valence-corrected chi connectivity index (χ0v) is 19.3. The number of allylic oxidation sites excluding steroid dienone is 1. The maximum absolute atomic E-state index is 12.2. The second-order valence-corrected chi connectivity index (χ2v) is 9.60. The van der Waals surface area contributed by atoms with Crippen LogP contribution < -0.4 is 5.73 Å². The highest BCUT2D eigenvalue weighted by Gasteiger charge is 2.47. The van der Waals surface area contributed by atoms with Gasteiger partial charge in [0.15, 0.2) is 5.78 Å². The Hall–Kier alpha value is -0.420. The molecule has 0 fully saturated rings. The van der Waals surface area contributed by atoms with Crippen molar-refractivity contribution in [2.45, 2.75) is 122 Å². The molecule has 0 radical (unpaired) electrons. The van der Waals surface area contributed by atoms with Crippen LogP contribution in [0, 0.1) is 5.41 Å². The molecule has 0 aromatic rings. The van der Waals surface area contributed by atoms with Gasteiger partial charge in [-0.25, -0.2) is 0 Å². The Balaban J connectivity index is 3.91. The highest BCUT2D eigenvalue weighted by molar-refractivity contribution is 6.35. The molecular formula is C23H44ClNO3. The van der Waals surface area contributed by atoms with Crippen LogP contribution >= 0.6 is 11.6 Å². The van der Waals surface area contributed by atoms with Gasteiger partial charge in [-0.2, -0.15) is 0 Å². The van der Waals surface area contributed by atoms with Crippen molar-refractivity contribution in [3.8, 4) is 0 Å². The number of rotatable bonds is 16. The summed E-state index contributed by atoms with van der Waals surface area (Å²) in [6, 6.07) is -1.27. The van der Waals surface area contributed by atoms with Crippen LogP contribution in [0.3, 0.4) is 0 Å². The van der Waals surface area contributed by atoms with Crippen LogP contribution in [0.25, 0.3) is 0 Å². The molecule has 1 unspecified atom stereocenters. The molecule has 0 aliphatic rings. The molecule has 4 N–H and O–H groups in total. The Morgan fingerprint density at radius 2 is 1.39 bits per heavy atom. The number of carbonyl (C=O) groups is 1. The van der Waals surface area contributed by atoms with Crippen molar-refractivity contribution in [3.05, 3.63) is 12.2 Å². The van der Waals surface area contributed by atoms with Gasteiger partial charge in [-0.05, 0) is 12.8 Å². The minimum Gasteiger partial charge on any atom is -0.387 e. The van der Waals surface area contributed by atoms with Crippen molar-refractivity contribution in [3.63, 3.8) is 0 Å². The number of aliphatic hydroxyl groups is 2. The minimum atomic E-state index is -2.28. The normalized spacial score (nSPS) is 16.9. The summed E-state index contributed by atoms with van der Waals surface area (Å²) in [5.41, 5.74) is 5.00. The van der Waals surface area contributed by atoms with Crippen molar-refractivity contribution >= 4 is 17.4 Å². The zero-order chi connectivity index (χ0) is 21.6. The van der Waals surface area contributed by atoms with Gasteiger partial charge in [0.2, 0.25) is 5.06 Å². The Kier molecular flexibility index (Phi) is 14.3. The highest BCUT2D eigenvalue weighted by atomic mass is 35.5. The van der Waals surface area contributed by atoms with Gasteiger partial charge in [-0.15, -0.1) is 0 Å². The average molecular weight is 418 g/mol. The standard InChI is InChI=1S/C23H44ClNO3/c1-5-6-7-8-9-10-11-12-13-14-15-16-17-18-19(26)20(25)23(24,28)21(27)22(2,3)4/h17-20,26,28H,5-16,25H2,1-4H3/b18-17+/t19-,20-,23?/m1/s1. The monoisotopic (exact) mass is 417 g/mol. The second kappa shape index (κ2) is 14.5. The van der Waals surface area contributed by atoms with E-state index in [-0.39, 0.29) is 0 Å². The number of unbranched alkanes of at least 4 members (excludes halogenated alkanes) is 11. The van der Waals surface area contributed by atoms with Gasteiger partial charge < -0.3 is 15.9 Å². The quantitative estimate of drug-likeness (QED) is 0.176. The Labute approximate surface area is 177 Å². The number of alkyl halides is 1. The van der Waals surface area contributed by atoms with E-state index in [4.69, 9.17) is 17.3 Å². The van der Waals surface area contributed by atoms with Crippen LogP contribution in [-0.2, 0) is 4.79 Å². The zero-order valence-electron chi connectivity index (χ0n) is 18.6. The van der Waals surface area contributed by atoms with Gasteiger partial charge in [0.05, 0.1) is 12.1 Å². The van der Waals surface area contributed by atoms with Gasteiger partial charge in [0.1, 0.15) is 0 Å². The van der Waals surface area contributed by atoms with Crippen LogP contribution in [0.1, 0.15) is 105 Å². The fraction of sp³-hybridized carbons (Fsp3) is 0.870. The summed E-state index contributed by atoms with van der Waals surface area (Å²) in [6.07, 6.45) is 17.3. The molecule has 0 aromatic carbocycles. The summed E-state index contributed by atoms with van der Waals surface area (Å²) < 4.78 is 0. The molecule has 0 bridgehead atoms. The van der Waals surface area contributed by atoms with E-state index >= 15 is 0 Å². The summed E-state index contributed by atoms with van der Waals surface area (Å²) in [6.45, 7) is 7.22. The lowest BCUT2D eigenvalue weighted by molar-refractivity contribution is -0.141. The van der Waals surface area contributed by atoms with E-state index in [1.165, 1.54) is 70.3 Å². The largest absolute Gasteiger partial charge is 0.387 e. The lowest BCUT2D eigenvalue weighted by Crippen LogP contribution is -2.58. The smallest absolute Gasteiger partial charge is 0.216 e. The van der Waals surface area contributed by atoms with E-state index < -0.39 is 28.4 Å². The first kappa shape index (κ1) is 27.6. The number of nitrogens with two attached hydrogens (primary N) is 1. The van der Waals surface area contributed by atoms with E-state index in [2.05, 4.69) is 6.92 Å². The van der Waals surface area contributed by atoms with E-state index in [1.54, 1.807) is 20.8 Å². The molecule has 0 saturated carbocycles. The highest BCUT2D eigenvalue weighted by Crippen LogP contribution is 2.29. The topological polar surface area (TPSA) is 83.6 Å². The molecule has 166 valence electrons. The van der Waals surface area contributed by atoms with Gasteiger partial charge in [-0.1, -0.05) is 116 Å². The van der Waals surface area contributed by atoms with Crippen molar-refractivity contribution in [2.24, 2.45) is 11.1 Å². The van der Waals surface area contributed by atoms with Crippen molar-refractivity contribution in [1.29, 1.82) is 0 Å². The molecule has 3 atom stereocenters. The van der Waals surface area contributed by atoms with Gasteiger partial charge in [0, 0.05) is 5.41 Å². The van der Waals surface area contributed by atoms with Crippen molar-refractivity contribution < 1.29 is 15.0 Å². The third-order valence-corrected chi connectivity index (χ3v) is 5.54. The molecule has 0 aliphatic carbocycles. The third kappa shape index (κ3) is 11.5. The molecule has 5 heteroatoms. The van der Waals surface area contributed by atoms with E-state index in [9.17, 15) is 15.0 Å². The number of halogens is 1. The molecule has 28 heavy (non-hydrogen) atoms. The molecule has 0 aliphatic heterocycles.